The number of unbranched alkanes of at least 4 members (excludes halogenated alkanes) is 2. The molecule has 0 aromatic rings. The van der Waals surface area contributed by atoms with Crippen LogP contribution >= 0.6 is 0 Å². The normalized spacial score (nSPS) is 12.7. The Bertz CT molecular complexity index is 229. The van der Waals surface area contributed by atoms with Gasteiger partial charge in [0.05, 0.1) is 0 Å². The van der Waals surface area contributed by atoms with E-state index in [1.807, 2.05) is 6.92 Å². The number of nitrogens with one attached hydrogen (secondary N) is 1. The molecule has 0 saturated heterocycles. The molecule has 0 aliphatic heterocycles. The first-order valence-electron chi connectivity index (χ1n) is 6.68. The second kappa shape index (κ2) is 10.8. The Hall–Kier alpha value is -0.380. The van der Waals surface area contributed by atoms with Crippen molar-refractivity contribution >= 4 is 16.7 Å². The van der Waals surface area contributed by atoms with Crippen LogP contribution in [-0.4, -0.2) is 28.2 Å². The summed E-state index contributed by atoms with van der Waals surface area (Å²) in [5.74, 6) is 2.25. The molecule has 0 heterocycles. The number of amides is 1. The molecule has 0 saturated carbocycles. The van der Waals surface area contributed by atoms with Gasteiger partial charge in [-0.25, -0.2) is 0 Å². The summed E-state index contributed by atoms with van der Waals surface area (Å²) in [6.07, 6.45) is 4.48. The highest BCUT2D eigenvalue weighted by atomic mass is 32.2. The third-order valence-corrected chi connectivity index (χ3v) is 4.15. The first-order chi connectivity index (χ1) is 8.06. The molecule has 1 N–H and O–H groups in total. The lowest BCUT2D eigenvalue weighted by atomic mass is 10.2. The van der Waals surface area contributed by atoms with E-state index in [1.54, 1.807) is 0 Å². The summed E-state index contributed by atoms with van der Waals surface area (Å²) < 4.78 is 11.5. The molecule has 0 rings (SSSR count). The van der Waals surface area contributed by atoms with Crippen LogP contribution in [0.1, 0.15) is 52.9 Å². The molecule has 102 valence electrons. The van der Waals surface area contributed by atoms with Gasteiger partial charge < -0.3 is 5.32 Å². The van der Waals surface area contributed by atoms with Crippen molar-refractivity contribution in [2.75, 3.05) is 18.1 Å². The molecule has 17 heavy (non-hydrogen) atoms. The molecule has 0 radical (unpaired) electrons. The van der Waals surface area contributed by atoms with Crippen molar-refractivity contribution in [1.82, 2.24) is 5.32 Å². The van der Waals surface area contributed by atoms with Crippen molar-refractivity contribution in [3.8, 4) is 0 Å². The van der Waals surface area contributed by atoms with Gasteiger partial charge in [-0.2, -0.15) is 0 Å². The first kappa shape index (κ1) is 16.6. The van der Waals surface area contributed by atoms with E-state index in [1.165, 1.54) is 0 Å². The van der Waals surface area contributed by atoms with Crippen LogP contribution in [-0.2, 0) is 15.6 Å². The van der Waals surface area contributed by atoms with E-state index in [2.05, 4.69) is 19.2 Å². The Balaban J connectivity index is 3.34. The summed E-state index contributed by atoms with van der Waals surface area (Å²) in [5.41, 5.74) is 0. The first-order valence-corrected chi connectivity index (χ1v) is 8.16. The maximum absolute atomic E-state index is 11.5. The van der Waals surface area contributed by atoms with Gasteiger partial charge in [0.1, 0.15) is 0 Å². The highest BCUT2D eigenvalue weighted by Gasteiger charge is 2.04. The summed E-state index contributed by atoms with van der Waals surface area (Å²) in [5, 5.41) is 2.86. The molecule has 3 nitrogen and oxygen atoms in total. The largest absolute Gasteiger partial charge is 0.356 e. The smallest absolute Gasteiger partial charge is 0.219 e. The SMILES string of the molecule is CCCNC(=O)CCCCCS(=O)CC(C)C. The van der Waals surface area contributed by atoms with Crippen molar-refractivity contribution in [2.24, 2.45) is 5.92 Å². The highest BCUT2D eigenvalue weighted by molar-refractivity contribution is 7.84. The number of hydrogen-bond donors (Lipinski definition) is 1. The van der Waals surface area contributed by atoms with Gasteiger partial charge in [-0.15, -0.1) is 0 Å². The van der Waals surface area contributed by atoms with Crippen LogP contribution in [0.25, 0.3) is 0 Å². The van der Waals surface area contributed by atoms with Gasteiger partial charge >= 0.3 is 0 Å². The Morgan fingerprint density at radius 2 is 1.94 bits per heavy atom. The summed E-state index contributed by atoms with van der Waals surface area (Å²) in [7, 11) is -0.670. The zero-order valence-electron chi connectivity index (χ0n) is 11.5. The third-order valence-electron chi connectivity index (χ3n) is 2.37. The molecule has 1 unspecified atom stereocenters. The molecule has 0 bridgehead atoms. The summed E-state index contributed by atoms with van der Waals surface area (Å²) >= 11 is 0. The monoisotopic (exact) mass is 261 g/mol. The van der Waals surface area contributed by atoms with E-state index in [-0.39, 0.29) is 5.91 Å². The zero-order chi connectivity index (χ0) is 13.1. The molecule has 0 aliphatic rings. The van der Waals surface area contributed by atoms with Gasteiger partial charge in [0.25, 0.3) is 0 Å². The lowest BCUT2D eigenvalue weighted by molar-refractivity contribution is -0.121. The van der Waals surface area contributed by atoms with Crippen molar-refractivity contribution in [2.45, 2.75) is 52.9 Å². The van der Waals surface area contributed by atoms with Crippen molar-refractivity contribution in [1.29, 1.82) is 0 Å². The zero-order valence-corrected chi connectivity index (χ0v) is 12.3. The maximum Gasteiger partial charge on any atom is 0.219 e. The average Bonchev–Trinajstić information content (AvgIpc) is 2.24. The number of carbonyl (C=O) groups excluding carboxylic acids is 1. The minimum atomic E-state index is -0.670. The lowest BCUT2D eigenvalue weighted by Gasteiger charge is -2.05. The summed E-state index contributed by atoms with van der Waals surface area (Å²) in [4.78, 5) is 11.3. The van der Waals surface area contributed by atoms with Crippen molar-refractivity contribution in [3.63, 3.8) is 0 Å². The van der Waals surface area contributed by atoms with Gasteiger partial charge in [-0.1, -0.05) is 27.2 Å². The fourth-order valence-corrected chi connectivity index (χ4v) is 2.97. The van der Waals surface area contributed by atoms with Crippen LogP contribution in [0.15, 0.2) is 0 Å². The number of rotatable bonds is 10. The maximum atomic E-state index is 11.5. The van der Waals surface area contributed by atoms with E-state index in [0.29, 0.717) is 12.3 Å². The summed E-state index contributed by atoms with van der Waals surface area (Å²) in [6.45, 7) is 7.01. The van der Waals surface area contributed by atoms with Crippen molar-refractivity contribution in [3.05, 3.63) is 0 Å². The van der Waals surface area contributed by atoms with Gasteiger partial charge in [-0.3, -0.25) is 9.00 Å². The topological polar surface area (TPSA) is 46.2 Å². The molecule has 1 amide bonds. The molecule has 0 aromatic carbocycles. The lowest BCUT2D eigenvalue weighted by Crippen LogP contribution is -2.23. The predicted octanol–water partition coefficient (Wildman–Crippen LogP) is 2.48. The van der Waals surface area contributed by atoms with E-state index in [9.17, 15) is 9.00 Å². The average molecular weight is 261 g/mol. The van der Waals surface area contributed by atoms with Crippen LogP contribution in [0.4, 0.5) is 0 Å². The van der Waals surface area contributed by atoms with E-state index < -0.39 is 10.8 Å². The Morgan fingerprint density at radius 1 is 1.24 bits per heavy atom. The highest BCUT2D eigenvalue weighted by Crippen LogP contribution is 2.03. The number of carbonyl (C=O) groups is 1. The molecule has 1 atom stereocenters. The quantitative estimate of drug-likeness (QED) is 0.614. The molecule has 4 heteroatoms. The minimum absolute atomic E-state index is 0.148. The second-order valence-electron chi connectivity index (χ2n) is 4.87. The fraction of sp³-hybridized carbons (Fsp3) is 0.923. The van der Waals surface area contributed by atoms with Gasteiger partial charge in [0, 0.05) is 35.3 Å². The van der Waals surface area contributed by atoms with Crippen LogP contribution in [0.5, 0.6) is 0 Å². The van der Waals surface area contributed by atoms with Crippen LogP contribution in [0.3, 0.4) is 0 Å². The van der Waals surface area contributed by atoms with Crippen LogP contribution < -0.4 is 5.32 Å². The predicted molar refractivity (Wildman–Crippen MR) is 74.5 cm³/mol. The van der Waals surface area contributed by atoms with Gasteiger partial charge in [0.2, 0.25) is 5.91 Å². The Kier molecular flexibility index (Phi) is 10.5. The standard InChI is InChI=1S/C13H27NO2S/c1-4-9-14-13(15)8-6-5-7-10-17(16)11-12(2)3/h12H,4-11H2,1-3H3,(H,14,15). The van der Waals surface area contributed by atoms with E-state index in [0.717, 1.165) is 43.7 Å². The molecular weight excluding hydrogens is 234 g/mol. The molecule has 0 spiro atoms. The number of hydrogen-bond acceptors (Lipinski definition) is 2. The van der Waals surface area contributed by atoms with Gasteiger partial charge in [0.15, 0.2) is 0 Å². The van der Waals surface area contributed by atoms with Crippen LogP contribution in [0, 0.1) is 5.92 Å². The molecule has 0 aromatic heterocycles. The van der Waals surface area contributed by atoms with Crippen LogP contribution in [0.2, 0.25) is 0 Å². The molecule has 0 fully saturated rings. The second-order valence-corrected chi connectivity index (χ2v) is 6.49. The Labute approximate surface area is 108 Å². The van der Waals surface area contributed by atoms with Gasteiger partial charge in [-0.05, 0) is 25.2 Å². The Morgan fingerprint density at radius 3 is 2.53 bits per heavy atom. The summed E-state index contributed by atoms with van der Waals surface area (Å²) in [6, 6.07) is 0. The minimum Gasteiger partial charge on any atom is -0.356 e. The fourth-order valence-electron chi connectivity index (χ4n) is 1.53. The molecular formula is C13H27NO2S. The van der Waals surface area contributed by atoms with E-state index >= 15 is 0 Å². The van der Waals surface area contributed by atoms with Crippen molar-refractivity contribution < 1.29 is 9.00 Å². The van der Waals surface area contributed by atoms with E-state index in [4.69, 9.17) is 0 Å². The molecule has 0 aliphatic carbocycles. The third kappa shape index (κ3) is 11.9.